The SMILES string of the molecule is CCN(CC)S(=O)(=O)c1cc(NC(=O)CN2CCC(C(=O)c3ccccc3)CC2)ccc1C. The minimum absolute atomic E-state index is 0.0170. The third-order valence-electron chi connectivity index (χ3n) is 6.18. The van der Waals surface area contributed by atoms with Gasteiger partial charge in [-0.25, -0.2) is 8.42 Å². The molecule has 2 aromatic rings. The Morgan fingerprint density at radius 2 is 1.67 bits per heavy atom. The first-order valence-corrected chi connectivity index (χ1v) is 12.9. The van der Waals surface area contributed by atoms with Crippen molar-refractivity contribution in [1.29, 1.82) is 0 Å². The number of hydrogen-bond donors (Lipinski definition) is 1. The van der Waals surface area contributed by atoms with Gasteiger partial charge in [0.2, 0.25) is 15.9 Å². The second-order valence-electron chi connectivity index (χ2n) is 8.40. The van der Waals surface area contributed by atoms with Crippen LogP contribution in [0, 0.1) is 12.8 Å². The van der Waals surface area contributed by atoms with Crippen molar-refractivity contribution < 1.29 is 18.0 Å². The molecule has 1 saturated heterocycles. The highest BCUT2D eigenvalue weighted by Crippen LogP contribution is 2.24. The minimum atomic E-state index is -3.61. The number of ketones is 1. The molecular formula is C25H33N3O4S. The van der Waals surface area contributed by atoms with Crippen LogP contribution in [0.1, 0.15) is 42.6 Å². The third kappa shape index (κ3) is 6.07. The number of amides is 1. The largest absolute Gasteiger partial charge is 0.325 e. The summed E-state index contributed by atoms with van der Waals surface area (Å²) in [7, 11) is -3.61. The molecule has 33 heavy (non-hydrogen) atoms. The fourth-order valence-electron chi connectivity index (χ4n) is 4.25. The van der Waals surface area contributed by atoms with Crippen LogP contribution in [-0.4, -0.2) is 62.0 Å². The molecule has 1 aliphatic rings. The highest BCUT2D eigenvalue weighted by molar-refractivity contribution is 7.89. The Morgan fingerprint density at radius 1 is 1.03 bits per heavy atom. The van der Waals surface area contributed by atoms with Gasteiger partial charge in [0, 0.05) is 30.3 Å². The molecule has 0 aliphatic carbocycles. The van der Waals surface area contributed by atoms with Gasteiger partial charge >= 0.3 is 0 Å². The van der Waals surface area contributed by atoms with E-state index >= 15 is 0 Å². The normalized spacial score (nSPS) is 15.5. The molecule has 0 atom stereocenters. The molecular weight excluding hydrogens is 438 g/mol. The zero-order chi connectivity index (χ0) is 24.0. The van der Waals surface area contributed by atoms with Crippen LogP contribution in [0.2, 0.25) is 0 Å². The van der Waals surface area contributed by atoms with Crippen molar-refractivity contribution in [2.45, 2.75) is 38.5 Å². The number of rotatable bonds is 9. The third-order valence-corrected chi connectivity index (χ3v) is 8.37. The van der Waals surface area contributed by atoms with Crippen molar-refractivity contribution in [2.24, 2.45) is 5.92 Å². The first kappa shape index (κ1) is 25.1. The van der Waals surface area contributed by atoms with Gasteiger partial charge in [0.1, 0.15) is 0 Å². The number of likely N-dealkylation sites (tertiary alicyclic amines) is 1. The van der Waals surface area contributed by atoms with Gasteiger partial charge in [0.25, 0.3) is 0 Å². The number of hydrogen-bond acceptors (Lipinski definition) is 5. The lowest BCUT2D eigenvalue weighted by atomic mass is 9.89. The molecule has 2 aromatic carbocycles. The van der Waals surface area contributed by atoms with Crippen molar-refractivity contribution in [3.05, 3.63) is 59.7 Å². The Morgan fingerprint density at radius 3 is 2.27 bits per heavy atom. The molecule has 1 amide bonds. The number of aryl methyl sites for hydroxylation is 1. The summed E-state index contributed by atoms with van der Waals surface area (Å²) in [6, 6.07) is 14.3. The minimum Gasteiger partial charge on any atom is -0.325 e. The zero-order valence-corrected chi connectivity index (χ0v) is 20.4. The zero-order valence-electron chi connectivity index (χ0n) is 19.6. The van der Waals surface area contributed by atoms with E-state index in [1.54, 1.807) is 32.9 Å². The monoisotopic (exact) mass is 471 g/mol. The van der Waals surface area contributed by atoms with Crippen LogP contribution in [0.5, 0.6) is 0 Å². The molecule has 0 spiro atoms. The molecule has 1 fully saturated rings. The lowest BCUT2D eigenvalue weighted by Crippen LogP contribution is -2.40. The lowest BCUT2D eigenvalue weighted by molar-refractivity contribution is -0.117. The Bertz CT molecular complexity index is 1070. The molecule has 1 aliphatic heterocycles. The van der Waals surface area contributed by atoms with E-state index in [4.69, 9.17) is 0 Å². The fourth-order valence-corrected chi connectivity index (χ4v) is 5.96. The van der Waals surface area contributed by atoms with Crippen LogP contribution in [0.3, 0.4) is 0 Å². The van der Waals surface area contributed by atoms with Gasteiger partial charge < -0.3 is 5.32 Å². The average Bonchev–Trinajstić information content (AvgIpc) is 2.81. The number of sulfonamides is 1. The number of nitrogens with zero attached hydrogens (tertiary/aromatic N) is 2. The molecule has 7 nitrogen and oxygen atoms in total. The van der Waals surface area contributed by atoms with E-state index in [9.17, 15) is 18.0 Å². The molecule has 8 heteroatoms. The van der Waals surface area contributed by atoms with E-state index in [0.29, 0.717) is 37.4 Å². The number of Topliss-reactive ketones (excluding diaryl/α,β-unsaturated/α-hetero) is 1. The van der Waals surface area contributed by atoms with E-state index in [1.165, 1.54) is 10.4 Å². The molecule has 0 aromatic heterocycles. The second-order valence-corrected chi connectivity index (χ2v) is 10.3. The Labute approximate surface area is 196 Å². The van der Waals surface area contributed by atoms with Crippen molar-refractivity contribution >= 4 is 27.4 Å². The molecule has 0 unspecified atom stereocenters. The summed E-state index contributed by atoms with van der Waals surface area (Å²) in [6.45, 7) is 7.69. The first-order valence-electron chi connectivity index (χ1n) is 11.5. The predicted molar refractivity (Wildman–Crippen MR) is 130 cm³/mol. The van der Waals surface area contributed by atoms with E-state index in [-0.39, 0.29) is 29.0 Å². The average molecular weight is 472 g/mol. The highest BCUT2D eigenvalue weighted by Gasteiger charge is 2.27. The Kier molecular flexibility index (Phi) is 8.40. The number of carbonyl (C=O) groups is 2. The molecule has 0 radical (unpaired) electrons. The van der Waals surface area contributed by atoms with E-state index in [2.05, 4.69) is 5.32 Å². The van der Waals surface area contributed by atoms with Crippen LogP contribution >= 0.6 is 0 Å². The van der Waals surface area contributed by atoms with Gasteiger partial charge in [-0.15, -0.1) is 0 Å². The Hall–Kier alpha value is -2.55. The topological polar surface area (TPSA) is 86.8 Å². The summed E-state index contributed by atoms with van der Waals surface area (Å²) in [5.74, 6) is -0.0455. The smallest absolute Gasteiger partial charge is 0.243 e. The first-order chi connectivity index (χ1) is 15.8. The summed E-state index contributed by atoms with van der Waals surface area (Å²) < 4.78 is 27.3. The standard InChI is InChI=1S/C25H33N3O4S/c1-4-28(5-2)33(31,32)23-17-22(12-11-19(23)3)26-24(29)18-27-15-13-21(14-16-27)25(30)20-9-7-6-8-10-20/h6-12,17,21H,4-5,13-16,18H2,1-3H3,(H,26,29). The van der Waals surface area contributed by atoms with Gasteiger partial charge in [0.15, 0.2) is 5.78 Å². The van der Waals surface area contributed by atoms with Crippen LogP contribution in [0.15, 0.2) is 53.4 Å². The van der Waals surface area contributed by atoms with Gasteiger partial charge in [0.05, 0.1) is 11.4 Å². The van der Waals surface area contributed by atoms with Crippen molar-refractivity contribution in [3.63, 3.8) is 0 Å². The maximum absolute atomic E-state index is 12.9. The van der Waals surface area contributed by atoms with Crippen molar-refractivity contribution in [3.8, 4) is 0 Å². The van der Waals surface area contributed by atoms with Crippen molar-refractivity contribution in [1.82, 2.24) is 9.21 Å². The van der Waals surface area contributed by atoms with Crippen LogP contribution < -0.4 is 5.32 Å². The summed E-state index contributed by atoms with van der Waals surface area (Å²) in [4.78, 5) is 27.5. The summed E-state index contributed by atoms with van der Waals surface area (Å²) in [5.41, 5.74) is 1.85. The van der Waals surface area contributed by atoms with E-state index in [1.807, 2.05) is 35.2 Å². The van der Waals surface area contributed by atoms with Crippen LogP contribution in [0.4, 0.5) is 5.69 Å². The number of piperidine rings is 1. The number of carbonyl (C=O) groups excluding carboxylic acids is 2. The van der Waals surface area contributed by atoms with Gasteiger partial charge in [-0.2, -0.15) is 4.31 Å². The van der Waals surface area contributed by atoms with E-state index < -0.39 is 10.0 Å². The quantitative estimate of drug-likeness (QED) is 0.565. The predicted octanol–water partition coefficient (Wildman–Crippen LogP) is 3.56. The fraction of sp³-hybridized carbons (Fsp3) is 0.440. The molecule has 178 valence electrons. The molecule has 3 rings (SSSR count). The summed E-state index contributed by atoms with van der Waals surface area (Å²) in [5, 5.41) is 2.83. The van der Waals surface area contributed by atoms with Gasteiger partial charge in [-0.3, -0.25) is 14.5 Å². The Balaban J connectivity index is 1.58. The van der Waals surface area contributed by atoms with Gasteiger partial charge in [-0.05, 0) is 50.6 Å². The summed E-state index contributed by atoms with van der Waals surface area (Å²) in [6.07, 6.45) is 1.44. The van der Waals surface area contributed by atoms with Crippen molar-refractivity contribution in [2.75, 3.05) is 38.0 Å². The van der Waals surface area contributed by atoms with Crippen LogP contribution in [0.25, 0.3) is 0 Å². The summed E-state index contributed by atoms with van der Waals surface area (Å²) >= 11 is 0. The number of anilines is 1. The number of benzene rings is 2. The second kappa shape index (κ2) is 11.0. The van der Waals surface area contributed by atoms with E-state index in [0.717, 1.165) is 18.4 Å². The molecule has 0 bridgehead atoms. The molecule has 1 N–H and O–H groups in total. The molecule has 1 heterocycles. The lowest BCUT2D eigenvalue weighted by Gasteiger charge is -2.30. The highest BCUT2D eigenvalue weighted by atomic mass is 32.2. The van der Waals surface area contributed by atoms with Crippen LogP contribution in [-0.2, 0) is 14.8 Å². The van der Waals surface area contributed by atoms with Gasteiger partial charge in [-0.1, -0.05) is 50.2 Å². The maximum Gasteiger partial charge on any atom is 0.243 e. The molecule has 0 saturated carbocycles. The maximum atomic E-state index is 12.9. The number of nitrogens with one attached hydrogen (secondary N) is 1.